The third-order valence-corrected chi connectivity index (χ3v) is 6.70. The summed E-state index contributed by atoms with van der Waals surface area (Å²) in [5.41, 5.74) is 15.8. The summed E-state index contributed by atoms with van der Waals surface area (Å²) in [6, 6.07) is 23.2. The number of carboxylic acid groups (broad SMARTS) is 1. The van der Waals surface area contributed by atoms with Gasteiger partial charge in [-0.15, -0.1) is 0 Å². The molecule has 1 aliphatic carbocycles. The molecule has 0 saturated heterocycles. The van der Waals surface area contributed by atoms with Gasteiger partial charge < -0.3 is 15.3 Å². The average molecular weight is 453 g/mol. The van der Waals surface area contributed by atoms with E-state index in [1.807, 2.05) is 24.3 Å². The van der Waals surface area contributed by atoms with E-state index in [-0.39, 0.29) is 0 Å². The number of allylic oxidation sites excluding steroid dienone is 1. The summed E-state index contributed by atoms with van der Waals surface area (Å²) in [5, 5.41) is 8.96. The minimum atomic E-state index is -0.947. The lowest BCUT2D eigenvalue weighted by Gasteiger charge is -2.32. The highest BCUT2D eigenvalue weighted by atomic mass is 16.5. The van der Waals surface area contributed by atoms with Gasteiger partial charge in [0.2, 0.25) is 0 Å². The number of carbonyl (C=O) groups is 1. The number of carboxylic acids is 1. The molecule has 2 aliphatic rings. The molecular formula is C29H28N2O3. The molecule has 3 aromatic carbocycles. The Balaban J connectivity index is 1.68. The first-order chi connectivity index (χ1) is 16.6. The normalized spacial score (nSPS) is 15.9. The summed E-state index contributed by atoms with van der Waals surface area (Å²) < 4.78 is 5.40. The Labute approximate surface area is 199 Å². The summed E-state index contributed by atoms with van der Waals surface area (Å²) in [5.74, 6) is 0.402. The van der Waals surface area contributed by atoms with Crippen molar-refractivity contribution in [2.24, 2.45) is 5.92 Å². The van der Waals surface area contributed by atoms with Gasteiger partial charge in [0.05, 0.1) is 12.8 Å². The Morgan fingerprint density at radius 1 is 0.971 bits per heavy atom. The molecule has 1 saturated carbocycles. The lowest BCUT2D eigenvalue weighted by molar-refractivity contribution is -0.131. The van der Waals surface area contributed by atoms with Crippen LogP contribution in [0.25, 0.3) is 17.2 Å². The number of anilines is 1. The van der Waals surface area contributed by atoms with Gasteiger partial charge in [-0.1, -0.05) is 48.9 Å². The van der Waals surface area contributed by atoms with Crippen molar-refractivity contribution in [1.29, 1.82) is 0 Å². The molecule has 3 N–H and O–H groups in total. The van der Waals surface area contributed by atoms with Gasteiger partial charge in [0.1, 0.15) is 5.75 Å². The minimum absolute atomic E-state index is 0.500. The number of methoxy groups -OCH3 is 1. The topological polar surface area (TPSA) is 70.6 Å². The number of hydrazine groups is 1. The van der Waals surface area contributed by atoms with Crippen LogP contribution in [-0.4, -0.2) is 18.2 Å². The van der Waals surface area contributed by atoms with Crippen LogP contribution < -0.4 is 15.6 Å². The Hall–Kier alpha value is -3.83. The fourth-order valence-electron chi connectivity index (χ4n) is 4.71. The van der Waals surface area contributed by atoms with E-state index in [1.54, 1.807) is 13.2 Å². The molecule has 1 fully saturated rings. The molecule has 172 valence electrons. The van der Waals surface area contributed by atoms with Crippen LogP contribution in [0.4, 0.5) is 5.69 Å². The van der Waals surface area contributed by atoms with Gasteiger partial charge in [0.15, 0.2) is 0 Å². The van der Waals surface area contributed by atoms with Crippen molar-refractivity contribution in [3.8, 4) is 5.75 Å². The highest BCUT2D eigenvalue weighted by Gasteiger charge is 2.27. The van der Waals surface area contributed by atoms with E-state index in [9.17, 15) is 4.79 Å². The number of nitrogens with one attached hydrogen (secondary N) is 2. The summed E-state index contributed by atoms with van der Waals surface area (Å²) in [4.78, 5) is 10.9. The monoisotopic (exact) mass is 452 g/mol. The van der Waals surface area contributed by atoms with Gasteiger partial charge >= 0.3 is 5.97 Å². The molecule has 0 radical (unpaired) electrons. The average Bonchev–Trinajstić information content (AvgIpc) is 3.30. The third-order valence-electron chi connectivity index (χ3n) is 6.70. The predicted octanol–water partition coefficient (Wildman–Crippen LogP) is 5.98. The number of hydrogen-bond acceptors (Lipinski definition) is 4. The lowest BCUT2D eigenvalue weighted by Crippen LogP contribution is -2.15. The number of fused-ring (bicyclic) bond motifs is 1. The van der Waals surface area contributed by atoms with Crippen LogP contribution in [0.5, 0.6) is 5.75 Å². The summed E-state index contributed by atoms with van der Waals surface area (Å²) in [6.45, 7) is 0.788. The van der Waals surface area contributed by atoms with Crippen molar-refractivity contribution in [1.82, 2.24) is 5.43 Å². The van der Waals surface area contributed by atoms with Crippen molar-refractivity contribution >= 4 is 28.9 Å². The number of hydrogen-bond donors (Lipinski definition) is 3. The van der Waals surface area contributed by atoms with Crippen LogP contribution in [0.1, 0.15) is 47.1 Å². The molecule has 3 aromatic rings. The van der Waals surface area contributed by atoms with Crippen LogP contribution in [0.2, 0.25) is 0 Å². The van der Waals surface area contributed by atoms with E-state index in [4.69, 9.17) is 9.84 Å². The molecule has 0 spiro atoms. The Kier molecular flexibility index (Phi) is 6.19. The fraction of sp³-hybridized carbons (Fsp3) is 0.207. The van der Waals surface area contributed by atoms with Crippen LogP contribution in [0.15, 0.2) is 72.8 Å². The van der Waals surface area contributed by atoms with Gasteiger partial charge in [0.25, 0.3) is 0 Å². The highest BCUT2D eigenvalue weighted by molar-refractivity contribution is 6.00. The third kappa shape index (κ3) is 4.47. The molecule has 0 bridgehead atoms. The molecule has 5 rings (SSSR count). The van der Waals surface area contributed by atoms with Gasteiger partial charge in [-0.3, -0.25) is 0 Å². The number of benzene rings is 3. The van der Waals surface area contributed by atoms with E-state index in [2.05, 4.69) is 53.3 Å². The number of ether oxygens (including phenoxy) is 1. The first kappa shape index (κ1) is 22.0. The van der Waals surface area contributed by atoms with Gasteiger partial charge in [-0.05, 0) is 88.1 Å². The number of rotatable bonds is 7. The minimum Gasteiger partial charge on any atom is -0.497 e. The maximum atomic E-state index is 10.9. The zero-order chi connectivity index (χ0) is 23.5. The zero-order valence-corrected chi connectivity index (χ0v) is 19.2. The van der Waals surface area contributed by atoms with Crippen molar-refractivity contribution in [2.75, 3.05) is 12.5 Å². The van der Waals surface area contributed by atoms with Crippen LogP contribution in [-0.2, 0) is 11.3 Å². The molecule has 5 nitrogen and oxygen atoms in total. The zero-order valence-electron chi connectivity index (χ0n) is 19.2. The lowest BCUT2D eigenvalue weighted by atomic mass is 9.73. The Bertz CT molecular complexity index is 1250. The standard InChI is InChI=1S/C29H28N2O3/c1-34-25-13-10-22(11-14-25)28(20-3-2-4-20)29(23-12-15-26-24(17-23)18-30-31-26)21-8-5-19(6-9-21)7-16-27(32)33/h5-17,20,30-31H,2-4,18H2,1H3,(H,32,33)/b16-7+,29-28+. The van der Waals surface area contributed by atoms with Gasteiger partial charge in [-0.2, -0.15) is 0 Å². The maximum Gasteiger partial charge on any atom is 0.328 e. The van der Waals surface area contributed by atoms with E-state index < -0.39 is 5.97 Å². The van der Waals surface area contributed by atoms with Crippen molar-refractivity contribution in [3.63, 3.8) is 0 Å². The van der Waals surface area contributed by atoms with E-state index in [0.717, 1.165) is 29.1 Å². The highest BCUT2D eigenvalue weighted by Crippen LogP contribution is 2.45. The molecule has 5 heteroatoms. The second-order valence-corrected chi connectivity index (χ2v) is 8.79. The fourth-order valence-corrected chi connectivity index (χ4v) is 4.71. The van der Waals surface area contributed by atoms with Crippen LogP contribution in [0, 0.1) is 5.92 Å². The second-order valence-electron chi connectivity index (χ2n) is 8.79. The summed E-state index contributed by atoms with van der Waals surface area (Å²) in [6.07, 6.45) is 6.40. The first-order valence-electron chi connectivity index (χ1n) is 11.6. The van der Waals surface area contributed by atoms with E-state index in [0.29, 0.717) is 5.92 Å². The summed E-state index contributed by atoms with van der Waals surface area (Å²) >= 11 is 0. The second kappa shape index (κ2) is 9.57. The quantitative estimate of drug-likeness (QED) is 0.304. The molecule has 0 aromatic heterocycles. The largest absolute Gasteiger partial charge is 0.497 e. The Morgan fingerprint density at radius 3 is 2.32 bits per heavy atom. The van der Waals surface area contributed by atoms with Crippen molar-refractivity contribution < 1.29 is 14.6 Å². The first-order valence-corrected chi connectivity index (χ1v) is 11.6. The van der Waals surface area contributed by atoms with Crippen LogP contribution >= 0.6 is 0 Å². The molecule has 0 atom stereocenters. The molecule has 1 aliphatic heterocycles. The predicted molar refractivity (Wildman–Crippen MR) is 136 cm³/mol. The number of aliphatic carboxylic acids is 1. The van der Waals surface area contributed by atoms with E-state index in [1.165, 1.54) is 53.2 Å². The molecule has 0 unspecified atom stereocenters. The van der Waals surface area contributed by atoms with Gasteiger partial charge in [0, 0.05) is 12.6 Å². The molecule has 0 amide bonds. The van der Waals surface area contributed by atoms with Gasteiger partial charge in [-0.25, -0.2) is 10.2 Å². The maximum absolute atomic E-state index is 10.9. The summed E-state index contributed by atoms with van der Waals surface area (Å²) in [7, 11) is 1.69. The SMILES string of the molecule is COc1ccc(/C(=C(\c2ccc(/C=C/C(=O)O)cc2)c2ccc3c(c2)CNN3)C2CCC2)cc1. The van der Waals surface area contributed by atoms with Crippen LogP contribution in [0.3, 0.4) is 0 Å². The van der Waals surface area contributed by atoms with Crippen molar-refractivity contribution in [2.45, 2.75) is 25.8 Å². The Morgan fingerprint density at radius 2 is 1.68 bits per heavy atom. The smallest absolute Gasteiger partial charge is 0.328 e. The van der Waals surface area contributed by atoms with Crippen molar-refractivity contribution in [3.05, 3.63) is 101 Å². The molecule has 34 heavy (non-hydrogen) atoms. The molecular weight excluding hydrogens is 424 g/mol. The molecule has 1 heterocycles. The van der Waals surface area contributed by atoms with E-state index >= 15 is 0 Å².